The molecule has 2 nitrogen and oxygen atoms in total. The van der Waals surface area contributed by atoms with Crippen LogP contribution in [0.3, 0.4) is 0 Å². The van der Waals surface area contributed by atoms with Crippen LogP contribution in [-0.2, 0) is 17.6 Å². The summed E-state index contributed by atoms with van der Waals surface area (Å²) in [5, 5.41) is 0.197. The van der Waals surface area contributed by atoms with E-state index in [2.05, 4.69) is 18.0 Å². The second-order valence-corrected chi connectivity index (χ2v) is 4.06. The van der Waals surface area contributed by atoms with Crippen molar-refractivity contribution < 1.29 is 4.79 Å². The first kappa shape index (κ1) is 11.2. The van der Waals surface area contributed by atoms with Gasteiger partial charge in [-0.1, -0.05) is 24.8 Å². The second-order valence-electron chi connectivity index (χ2n) is 3.19. The summed E-state index contributed by atoms with van der Waals surface area (Å²) in [6.45, 7) is 4.04. The van der Waals surface area contributed by atoms with Gasteiger partial charge in [-0.2, -0.15) is 0 Å². The molecule has 0 aliphatic carbocycles. The number of rotatable bonds is 3. The highest BCUT2D eigenvalue weighted by atomic mass is 32.2. The van der Waals surface area contributed by atoms with Gasteiger partial charge in [0.05, 0.1) is 0 Å². The molecule has 1 aromatic rings. The maximum absolute atomic E-state index is 11.3. The van der Waals surface area contributed by atoms with Crippen molar-refractivity contribution in [2.45, 2.75) is 26.7 Å². The molecule has 0 aliphatic rings. The van der Waals surface area contributed by atoms with Crippen LogP contribution in [0.2, 0.25) is 0 Å². The number of hydrogen-bond acceptors (Lipinski definition) is 3. The molecule has 0 aliphatic heterocycles. The Morgan fingerprint density at radius 3 is 2.86 bits per heavy atom. The predicted octanol–water partition coefficient (Wildman–Crippen LogP) is 2.38. The first-order chi connectivity index (χ1) is 6.67. The van der Waals surface area contributed by atoms with Crippen molar-refractivity contribution in [3.63, 3.8) is 0 Å². The van der Waals surface area contributed by atoms with Crippen molar-refractivity contribution in [1.82, 2.24) is 4.98 Å². The zero-order chi connectivity index (χ0) is 10.6. The lowest BCUT2D eigenvalue weighted by molar-refractivity contribution is -0.110. The molecule has 14 heavy (non-hydrogen) atoms. The van der Waals surface area contributed by atoms with E-state index < -0.39 is 0 Å². The fourth-order valence-electron chi connectivity index (χ4n) is 1.23. The Balaban J connectivity index is 2.89. The summed E-state index contributed by atoms with van der Waals surface area (Å²) in [6.07, 6.45) is 5.15. The lowest BCUT2D eigenvalue weighted by Gasteiger charge is -2.05. The molecular weight excluding hydrogens is 194 g/mol. The maximum Gasteiger partial charge on any atom is 0.193 e. The third kappa shape index (κ3) is 2.84. The van der Waals surface area contributed by atoms with Crippen LogP contribution in [0, 0.1) is 6.92 Å². The van der Waals surface area contributed by atoms with E-state index in [0.717, 1.165) is 17.7 Å². The third-order valence-corrected chi connectivity index (χ3v) is 2.82. The van der Waals surface area contributed by atoms with Crippen molar-refractivity contribution in [3.05, 3.63) is 29.1 Å². The van der Waals surface area contributed by atoms with E-state index in [0.29, 0.717) is 6.42 Å². The number of carbonyl (C=O) groups is 1. The molecule has 0 fully saturated rings. The third-order valence-electron chi connectivity index (χ3n) is 2.22. The average Bonchev–Trinajstić information content (AvgIpc) is 2.21. The van der Waals surface area contributed by atoms with Crippen molar-refractivity contribution in [3.8, 4) is 0 Å². The van der Waals surface area contributed by atoms with Crippen LogP contribution in [-0.4, -0.2) is 16.4 Å². The van der Waals surface area contributed by atoms with Gasteiger partial charge in [0.2, 0.25) is 0 Å². The largest absolute Gasteiger partial charge is 0.287 e. The van der Waals surface area contributed by atoms with E-state index >= 15 is 0 Å². The quantitative estimate of drug-likeness (QED) is 0.765. The molecule has 0 amide bonds. The molecule has 0 aromatic carbocycles. The van der Waals surface area contributed by atoms with Crippen LogP contribution >= 0.6 is 11.8 Å². The van der Waals surface area contributed by atoms with Crippen molar-refractivity contribution in [2.24, 2.45) is 0 Å². The molecule has 0 spiro atoms. The average molecular weight is 209 g/mol. The van der Waals surface area contributed by atoms with Crippen LogP contribution < -0.4 is 0 Å². The summed E-state index contributed by atoms with van der Waals surface area (Å²) in [5.74, 6) is 0. The minimum absolute atomic E-state index is 0.197. The molecule has 0 N–H and O–H groups in total. The van der Waals surface area contributed by atoms with E-state index in [1.807, 2.05) is 19.4 Å². The van der Waals surface area contributed by atoms with E-state index in [1.165, 1.54) is 17.3 Å². The molecule has 1 aromatic heterocycles. The van der Waals surface area contributed by atoms with Gasteiger partial charge in [0.1, 0.15) is 0 Å². The summed E-state index contributed by atoms with van der Waals surface area (Å²) < 4.78 is 0. The predicted molar refractivity (Wildman–Crippen MR) is 60.6 cm³/mol. The molecule has 1 heterocycles. The van der Waals surface area contributed by atoms with Gasteiger partial charge in [-0.05, 0) is 30.7 Å². The van der Waals surface area contributed by atoms with Gasteiger partial charge in [0.15, 0.2) is 5.12 Å². The van der Waals surface area contributed by atoms with Crippen LogP contribution in [0.5, 0.6) is 0 Å². The Bertz CT molecular complexity index is 336. The highest BCUT2D eigenvalue weighted by Crippen LogP contribution is 2.12. The van der Waals surface area contributed by atoms with Gasteiger partial charge in [-0.25, -0.2) is 0 Å². The highest BCUT2D eigenvalue weighted by Gasteiger charge is 2.06. The van der Waals surface area contributed by atoms with E-state index in [1.54, 1.807) is 0 Å². The smallest absolute Gasteiger partial charge is 0.193 e. The summed E-state index contributed by atoms with van der Waals surface area (Å²) in [7, 11) is 0. The van der Waals surface area contributed by atoms with Gasteiger partial charge in [-0.3, -0.25) is 9.78 Å². The number of thioether (sulfide) groups is 1. The molecule has 76 valence electrons. The number of pyridine rings is 1. The van der Waals surface area contributed by atoms with Crippen molar-refractivity contribution in [2.75, 3.05) is 6.26 Å². The topological polar surface area (TPSA) is 30.0 Å². The summed E-state index contributed by atoms with van der Waals surface area (Å²) >= 11 is 1.28. The lowest BCUT2D eigenvalue weighted by atomic mass is 10.1. The first-order valence-electron chi connectivity index (χ1n) is 4.68. The highest BCUT2D eigenvalue weighted by molar-refractivity contribution is 8.13. The van der Waals surface area contributed by atoms with Gasteiger partial charge < -0.3 is 0 Å². The molecule has 0 unspecified atom stereocenters. The fourth-order valence-corrected chi connectivity index (χ4v) is 1.53. The van der Waals surface area contributed by atoms with Crippen LogP contribution in [0.25, 0.3) is 0 Å². The molecule has 0 saturated carbocycles. The summed E-state index contributed by atoms with van der Waals surface area (Å²) in [4.78, 5) is 15.5. The van der Waals surface area contributed by atoms with E-state index in [-0.39, 0.29) is 5.12 Å². The van der Waals surface area contributed by atoms with Gasteiger partial charge >= 0.3 is 0 Å². The Labute approximate surface area is 89.1 Å². The first-order valence-corrected chi connectivity index (χ1v) is 5.91. The van der Waals surface area contributed by atoms with Gasteiger partial charge in [0.25, 0.3) is 0 Å². The number of carbonyl (C=O) groups excluding carboxylic acids is 1. The van der Waals surface area contributed by atoms with E-state index in [4.69, 9.17) is 0 Å². The Hall–Kier alpha value is -0.830. The van der Waals surface area contributed by atoms with Crippen LogP contribution in [0.1, 0.15) is 23.7 Å². The maximum atomic E-state index is 11.3. The SMILES string of the molecule is CCc1cnc(C)c(CC(=O)SC)c1. The molecular formula is C11H15NOS. The molecule has 0 bridgehead atoms. The molecule has 0 saturated heterocycles. The fraction of sp³-hybridized carbons (Fsp3) is 0.455. The molecule has 0 radical (unpaired) electrons. The number of aryl methyl sites for hydroxylation is 2. The molecule has 0 atom stereocenters. The Morgan fingerprint density at radius 1 is 1.57 bits per heavy atom. The Kier molecular flexibility index (Phi) is 4.14. The number of hydrogen-bond donors (Lipinski definition) is 0. The minimum atomic E-state index is 0.197. The van der Waals surface area contributed by atoms with Gasteiger partial charge in [0, 0.05) is 18.3 Å². The van der Waals surface area contributed by atoms with Crippen molar-refractivity contribution >= 4 is 16.9 Å². The standard InChI is InChI=1S/C11H15NOS/c1-4-9-5-10(6-11(13)14-3)8(2)12-7-9/h5,7H,4,6H2,1-3H3. The number of nitrogens with zero attached hydrogens (tertiary/aromatic N) is 1. The van der Waals surface area contributed by atoms with Crippen LogP contribution in [0.4, 0.5) is 0 Å². The summed E-state index contributed by atoms with van der Waals surface area (Å²) in [6, 6.07) is 2.08. The van der Waals surface area contributed by atoms with E-state index in [9.17, 15) is 4.79 Å². The summed E-state index contributed by atoms with van der Waals surface area (Å²) in [5.41, 5.74) is 3.22. The van der Waals surface area contributed by atoms with Gasteiger partial charge in [-0.15, -0.1) is 0 Å². The zero-order valence-corrected chi connectivity index (χ0v) is 9.65. The number of aromatic nitrogens is 1. The minimum Gasteiger partial charge on any atom is -0.287 e. The lowest BCUT2D eigenvalue weighted by Crippen LogP contribution is -2.01. The molecule has 1 rings (SSSR count). The Morgan fingerprint density at radius 2 is 2.29 bits per heavy atom. The monoisotopic (exact) mass is 209 g/mol. The van der Waals surface area contributed by atoms with Crippen molar-refractivity contribution in [1.29, 1.82) is 0 Å². The van der Waals surface area contributed by atoms with Crippen LogP contribution in [0.15, 0.2) is 12.3 Å². The second kappa shape index (κ2) is 5.15. The molecule has 3 heteroatoms. The normalized spacial score (nSPS) is 10.2. The zero-order valence-electron chi connectivity index (χ0n) is 8.83.